The Bertz CT molecular complexity index is 779. The normalized spacial score (nSPS) is 19.4. The third-order valence-corrected chi connectivity index (χ3v) is 6.47. The average molecular weight is 418 g/mol. The molecule has 0 bridgehead atoms. The number of rotatable bonds is 9. The number of carbonyl (C=O) groups excluding carboxylic acids is 1. The fraction of sp³-hybridized carbons (Fsp3) is 0.619. The van der Waals surface area contributed by atoms with Crippen LogP contribution in [0.5, 0.6) is 0 Å². The molecule has 158 valence electrons. The molecule has 1 aliphatic carbocycles. The Morgan fingerprint density at radius 3 is 2.72 bits per heavy atom. The number of thioether (sulfide) groups is 1. The molecule has 1 fully saturated rings. The van der Waals surface area contributed by atoms with Crippen LogP contribution in [0.25, 0.3) is 11.4 Å². The van der Waals surface area contributed by atoms with Crippen molar-refractivity contribution in [3.05, 3.63) is 24.5 Å². The molecule has 1 aliphatic rings. The molecule has 0 radical (unpaired) electrons. The van der Waals surface area contributed by atoms with E-state index in [-0.39, 0.29) is 5.91 Å². The molecule has 29 heavy (non-hydrogen) atoms. The molecule has 0 saturated heterocycles. The summed E-state index contributed by atoms with van der Waals surface area (Å²) in [5, 5.41) is 12.8. The highest BCUT2D eigenvalue weighted by Crippen LogP contribution is 2.25. The van der Waals surface area contributed by atoms with Crippen LogP contribution in [0.15, 0.2) is 29.7 Å². The van der Waals surface area contributed by atoms with Crippen LogP contribution in [-0.4, -0.2) is 58.1 Å². The number of aromatic nitrogens is 4. The first kappa shape index (κ1) is 21.8. The van der Waals surface area contributed by atoms with Crippen LogP contribution < -0.4 is 10.2 Å². The highest BCUT2D eigenvalue weighted by molar-refractivity contribution is 7.99. The maximum atomic E-state index is 12.5. The van der Waals surface area contributed by atoms with Crippen molar-refractivity contribution in [2.75, 3.05) is 26.4 Å². The maximum absolute atomic E-state index is 12.5. The quantitative estimate of drug-likeness (QED) is 0.607. The lowest BCUT2D eigenvalue weighted by Gasteiger charge is -2.29. The van der Waals surface area contributed by atoms with E-state index in [4.69, 9.17) is 0 Å². The maximum Gasteiger partial charge on any atom is 0.230 e. The van der Waals surface area contributed by atoms with Gasteiger partial charge in [-0.25, -0.2) is 0 Å². The minimum absolute atomic E-state index is 0.0893. The first-order valence-electron chi connectivity index (χ1n) is 10.6. The van der Waals surface area contributed by atoms with Crippen molar-refractivity contribution in [2.24, 2.45) is 5.92 Å². The van der Waals surface area contributed by atoms with E-state index in [1.165, 1.54) is 35.9 Å². The highest BCUT2D eigenvalue weighted by atomic mass is 32.2. The Hall–Kier alpha value is -1.93. The molecule has 8 heteroatoms. The first-order chi connectivity index (χ1) is 14.0. The predicted molar refractivity (Wildman–Crippen MR) is 116 cm³/mol. The lowest BCUT2D eigenvalue weighted by Crippen LogP contribution is -3.05. The molecule has 3 rings (SSSR count). The standard InChI is InChI=1S/C21H32N6OS/c1-16-7-4-5-8-18(16)23-19(28)15-29-21-25-24-20(17-9-11-22-12-10-17)27(21)14-6-13-26(2)3/h9-12,16,18H,4-8,13-15H2,1-3H3,(H,23,28)/p+1/t16-,18+/m1/s1. The van der Waals surface area contributed by atoms with Crippen LogP contribution in [0.3, 0.4) is 0 Å². The number of pyridine rings is 1. The van der Waals surface area contributed by atoms with Crippen LogP contribution in [0.4, 0.5) is 0 Å². The molecule has 2 N–H and O–H groups in total. The third-order valence-electron chi connectivity index (χ3n) is 5.50. The van der Waals surface area contributed by atoms with Crippen molar-refractivity contribution in [2.45, 2.75) is 56.8 Å². The van der Waals surface area contributed by atoms with Gasteiger partial charge in [0.2, 0.25) is 5.91 Å². The van der Waals surface area contributed by atoms with Gasteiger partial charge in [-0.2, -0.15) is 0 Å². The molecular weight excluding hydrogens is 384 g/mol. The molecule has 0 aromatic carbocycles. The fourth-order valence-corrected chi connectivity index (χ4v) is 4.59. The minimum atomic E-state index is 0.0893. The number of carbonyl (C=O) groups is 1. The number of hydrogen-bond acceptors (Lipinski definition) is 5. The van der Waals surface area contributed by atoms with Gasteiger partial charge in [-0.3, -0.25) is 9.78 Å². The van der Waals surface area contributed by atoms with Crippen molar-refractivity contribution in [3.8, 4) is 11.4 Å². The van der Waals surface area contributed by atoms with Gasteiger partial charge in [-0.15, -0.1) is 10.2 Å². The van der Waals surface area contributed by atoms with Crippen molar-refractivity contribution in [3.63, 3.8) is 0 Å². The summed E-state index contributed by atoms with van der Waals surface area (Å²) in [5.41, 5.74) is 0.997. The Kier molecular flexibility index (Phi) is 8.06. The summed E-state index contributed by atoms with van der Waals surface area (Å²) in [4.78, 5) is 18.0. The molecule has 1 saturated carbocycles. The molecule has 2 atom stereocenters. The molecular formula is C21H33N6OS+. The SMILES string of the molecule is C[C@@H]1CCCC[C@@H]1NC(=O)CSc1nnc(-c2ccncc2)n1CCC[NH+](C)C. The van der Waals surface area contributed by atoms with E-state index in [1.54, 1.807) is 12.4 Å². The van der Waals surface area contributed by atoms with Gasteiger partial charge < -0.3 is 14.8 Å². The van der Waals surface area contributed by atoms with Crippen LogP contribution in [0.1, 0.15) is 39.0 Å². The predicted octanol–water partition coefficient (Wildman–Crippen LogP) is 1.66. The van der Waals surface area contributed by atoms with Gasteiger partial charge in [-0.05, 0) is 30.9 Å². The van der Waals surface area contributed by atoms with Crippen LogP contribution in [0.2, 0.25) is 0 Å². The van der Waals surface area contributed by atoms with Gasteiger partial charge in [0.25, 0.3) is 0 Å². The van der Waals surface area contributed by atoms with E-state index in [9.17, 15) is 4.79 Å². The number of amides is 1. The fourth-order valence-electron chi connectivity index (χ4n) is 3.81. The van der Waals surface area contributed by atoms with E-state index in [1.807, 2.05) is 12.1 Å². The molecule has 0 unspecified atom stereocenters. The molecule has 0 spiro atoms. The van der Waals surface area contributed by atoms with Crippen molar-refractivity contribution in [1.29, 1.82) is 0 Å². The van der Waals surface area contributed by atoms with Crippen molar-refractivity contribution in [1.82, 2.24) is 25.1 Å². The van der Waals surface area contributed by atoms with E-state index in [0.29, 0.717) is 17.7 Å². The van der Waals surface area contributed by atoms with E-state index >= 15 is 0 Å². The zero-order valence-corrected chi connectivity index (χ0v) is 18.5. The third kappa shape index (κ3) is 6.27. The summed E-state index contributed by atoms with van der Waals surface area (Å²) in [5.74, 6) is 1.86. The van der Waals surface area contributed by atoms with Crippen LogP contribution >= 0.6 is 11.8 Å². The van der Waals surface area contributed by atoms with E-state index in [2.05, 4.69) is 46.1 Å². The largest absolute Gasteiger partial charge is 0.352 e. The van der Waals surface area contributed by atoms with Gasteiger partial charge in [0.1, 0.15) is 0 Å². The molecule has 2 heterocycles. The number of nitrogens with one attached hydrogen (secondary N) is 2. The summed E-state index contributed by atoms with van der Waals surface area (Å²) < 4.78 is 2.14. The zero-order chi connectivity index (χ0) is 20.6. The van der Waals surface area contributed by atoms with Crippen LogP contribution in [0, 0.1) is 5.92 Å². The van der Waals surface area contributed by atoms with E-state index < -0.39 is 0 Å². The summed E-state index contributed by atoms with van der Waals surface area (Å²) >= 11 is 1.47. The van der Waals surface area contributed by atoms with Gasteiger partial charge in [0, 0.05) is 37.0 Å². The first-order valence-corrected chi connectivity index (χ1v) is 11.6. The molecule has 1 amide bonds. The second kappa shape index (κ2) is 10.7. The Morgan fingerprint density at radius 1 is 1.24 bits per heavy atom. The summed E-state index contributed by atoms with van der Waals surface area (Å²) in [6.07, 6.45) is 9.34. The molecule has 2 aromatic heterocycles. The second-order valence-electron chi connectivity index (χ2n) is 8.23. The lowest BCUT2D eigenvalue weighted by molar-refractivity contribution is -0.858. The van der Waals surface area contributed by atoms with E-state index in [0.717, 1.165) is 42.5 Å². The average Bonchev–Trinajstić information content (AvgIpc) is 3.11. The zero-order valence-electron chi connectivity index (χ0n) is 17.7. The number of hydrogen-bond donors (Lipinski definition) is 2. The molecule has 0 aliphatic heterocycles. The van der Waals surface area contributed by atoms with Gasteiger partial charge in [0.15, 0.2) is 11.0 Å². The van der Waals surface area contributed by atoms with Gasteiger partial charge >= 0.3 is 0 Å². The summed E-state index contributed by atoms with van der Waals surface area (Å²) in [7, 11) is 4.31. The smallest absolute Gasteiger partial charge is 0.230 e. The van der Waals surface area contributed by atoms with Crippen molar-refractivity contribution >= 4 is 17.7 Å². The summed E-state index contributed by atoms with van der Waals surface area (Å²) in [6.45, 7) is 4.14. The monoisotopic (exact) mass is 417 g/mol. The Morgan fingerprint density at radius 2 is 2.00 bits per heavy atom. The number of quaternary nitrogens is 1. The van der Waals surface area contributed by atoms with Crippen LogP contribution in [-0.2, 0) is 11.3 Å². The lowest BCUT2D eigenvalue weighted by atomic mass is 9.86. The van der Waals surface area contributed by atoms with Gasteiger partial charge in [-0.1, -0.05) is 31.5 Å². The molecule has 7 nitrogen and oxygen atoms in total. The molecule has 2 aromatic rings. The van der Waals surface area contributed by atoms with Crippen molar-refractivity contribution < 1.29 is 9.69 Å². The Labute approximate surface area is 177 Å². The van der Waals surface area contributed by atoms with Gasteiger partial charge in [0.05, 0.1) is 26.4 Å². The Balaban J connectivity index is 1.65. The second-order valence-corrected chi connectivity index (χ2v) is 9.17. The highest BCUT2D eigenvalue weighted by Gasteiger charge is 2.23. The summed E-state index contributed by atoms with van der Waals surface area (Å²) in [6, 6.07) is 4.21. The number of nitrogens with zero attached hydrogens (tertiary/aromatic N) is 4. The topological polar surface area (TPSA) is 77.1 Å². The minimum Gasteiger partial charge on any atom is -0.352 e.